The number of amides is 1. The van der Waals surface area contributed by atoms with E-state index < -0.39 is 11.5 Å². The smallest absolute Gasteiger partial charge is 0.287 e. The van der Waals surface area contributed by atoms with Crippen molar-refractivity contribution in [3.8, 4) is 5.75 Å². The average molecular weight is 408 g/mol. The molecule has 4 rings (SSSR count). The van der Waals surface area contributed by atoms with E-state index in [1.807, 2.05) is 24.3 Å². The van der Waals surface area contributed by atoms with Crippen molar-refractivity contribution in [2.24, 2.45) is 0 Å². The second kappa shape index (κ2) is 8.11. The summed E-state index contributed by atoms with van der Waals surface area (Å²) < 4.78 is 19.6. The number of nitrogens with zero attached hydrogens (tertiary/aromatic N) is 4. The Morgan fingerprint density at radius 1 is 1.13 bits per heavy atom. The molecule has 2 N–H and O–H groups in total. The molecule has 152 valence electrons. The fourth-order valence-electron chi connectivity index (χ4n) is 2.85. The summed E-state index contributed by atoms with van der Waals surface area (Å²) in [5.74, 6) is -0.376. The fraction of sp³-hybridized carbons (Fsp3) is 0.150. The van der Waals surface area contributed by atoms with E-state index in [-0.39, 0.29) is 29.4 Å². The number of fused-ring (bicyclic) bond motifs is 1. The van der Waals surface area contributed by atoms with Crippen molar-refractivity contribution in [3.05, 3.63) is 81.7 Å². The Bertz CT molecular complexity index is 1250. The first kappa shape index (κ1) is 19.2. The van der Waals surface area contributed by atoms with E-state index in [2.05, 4.69) is 25.6 Å². The summed E-state index contributed by atoms with van der Waals surface area (Å²) >= 11 is 0. The van der Waals surface area contributed by atoms with E-state index in [1.54, 1.807) is 19.2 Å². The zero-order chi connectivity index (χ0) is 21.1. The molecule has 0 saturated heterocycles. The topological polar surface area (TPSA) is 115 Å². The fourth-order valence-corrected chi connectivity index (χ4v) is 2.85. The normalized spacial score (nSPS) is 10.9. The number of hydrogen-bond acceptors (Lipinski definition) is 6. The van der Waals surface area contributed by atoms with Crippen LogP contribution in [0.2, 0.25) is 0 Å². The summed E-state index contributed by atoms with van der Waals surface area (Å²) in [4.78, 5) is 31.4. The van der Waals surface area contributed by atoms with Crippen LogP contribution in [0.1, 0.15) is 21.7 Å². The van der Waals surface area contributed by atoms with Gasteiger partial charge in [0.05, 0.1) is 13.7 Å². The Morgan fingerprint density at radius 3 is 2.53 bits per heavy atom. The highest BCUT2D eigenvalue weighted by atomic mass is 19.1. The average Bonchev–Trinajstić information content (AvgIpc) is 3.17. The summed E-state index contributed by atoms with van der Waals surface area (Å²) in [6.07, 6.45) is 0. The molecule has 2 heterocycles. The van der Waals surface area contributed by atoms with Crippen LogP contribution in [0.25, 0.3) is 11.2 Å². The summed E-state index contributed by atoms with van der Waals surface area (Å²) in [7, 11) is 1.58. The standard InChI is InChI=1S/C20H17FN6O3/c1-30-15-8-4-13(5-9-15)11-27-18-16(25-26-27)19(28)24-17(23-18)20(29)22-10-12-2-6-14(21)7-3-12/h2-9H,10-11H2,1H3,(H,22,29)(H,23,24,28). The van der Waals surface area contributed by atoms with Crippen molar-refractivity contribution < 1.29 is 13.9 Å². The molecule has 0 spiro atoms. The van der Waals surface area contributed by atoms with Gasteiger partial charge in [-0.05, 0) is 35.4 Å². The second-order valence-corrected chi connectivity index (χ2v) is 6.49. The molecule has 2 aromatic carbocycles. The number of aromatic nitrogens is 5. The van der Waals surface area contributed by atoms with E-state index in [0.29, 0.717) is 12.1 Å². The van der Waals surface area contributed by atoms with E-state index in [1.165, 1.54) is 16.8 Å². The maximum Gasteiger partial charge on any atom is 0.287 e. The van der Waals surface area contributed by atoms with Crippen LogP contribution >= 0.6 is 0 Å². The Hall–Kier alpha value is -4.08. The lowest BCUT2D eigenvalue weighted by atomic mass is 10.2. The predicted molar refractivity (Wildman–Crippen MR) is 106 cm³/mol. The maximum atomic E-state index is 13.0. The van der Waals surface area contributed by atoms with Gasteiger partial charge in [-0.25, -0.2) is 14.1 Å². The van der Waals surface area contributed by atoms with Crippen molar-refractivity contribution in [1.29, 1.82) is 0 Å². The third kappa shape index (κ3) is 4.02. The van der Waals surface area contributed by atoms with Gasteiger partial charge in [-0.3, -0.25) is 9.59 Å². The van der Waals surface area contributed by atoms with Gasteiger partial charge in [0.2, 0.25) is 5.82 Å². The first-order chi connectivity index (χ1) is 14.5. The quantitative estimate of drug-likeness (QED) is 0.501. The van der Waals surface area contributed by atoms with Gasteiger partial charge >= 0.3 is 0 Å². The molecule has 0 atom stereocenters. The maximum absolute atomic E-state index is 13.0. The third-order valence-electron chi connectivity index (χ3n) is 4.45. The molecule has 0 aliphatic carbocycles. The molecule has 4 aromatic rings. The van der Waals surface area contributed by atoms with Gasteiger partial charge in [-0.15, -0.1) is 5.10 Å². The monoisotopic (exact) mass is 408 g/mol. The van der Waals surface area contributed by atoms with Gasteiger partial charge in [0, 0.05) is 6.54 Å². The molecule has 0 aliphatic heterocycles. The summed E-state index contributed by atoms with van der Waals surface area (Å²) in [5.41, 5.74) is 1.28. The highest BCUT2D eigenvalue weighted by Crippen LogP contribution is 2.13. The lowest BCUT2D eigenvalue weighted by Crippen LogP contribution is -2.27. The zero-order valence-corrected chi connectivity index (χ0v) is 15.9. The minimum Gasteiger partial charge on any atom is -0.497 e. The number of carbonyl (C=O) groups excluding carboxylic acids is 1. The van der Waals surface area contributed by atoms with Crippen LogP contribution in [0.3, 0.4) is 0 Å². The number of benzene rings is 2. The van der Waals surface area contributed by atoms with E-state index in [0.717, 1.165) is 11.3 Å². The van der Waals surface area contributed by atoms with Gasteiger partial charge in [0.1, 0.15) is 11.6 Å². The van der Waals surface area contributed by atoms with Gasteiger partial charge in [0.25, 0.3) is 11.5 Å². The summed E-state index contributed by atoms with van der Waals surface area (Å²) in [6, 6.07) is 13.1. The van der Waals surface area contributed by atoms with Crippen LogP contribution in [-0.2, 0) is 13.1 Å². The second-order valence-electron chi connectivity index (χ2n) is 6.49. The molecule has 0 bridgehead atoms. The highest BCUT2D eigenvalue weighted by Gasteiger charge is 2.16. The first-order valence-electron chi connectivity index (χ1n) is 9.02. The predicted octanol–water partition coefficient (Wildman–Crippen LogP) is 1.64. The third-order valence-corrected chi connectivity index (χ3v) is 4.45. The number of carbonyl (C=O) groups is 1. The number of aromatic amines is 1. The van der Waals surface area contributed by atoms with E-state index >= 15 is 0 Å². The molecule has 2 aromatic heterocycles. The van der Waals surface area contributed by atoms with Crippen LogP contribution in [0.4, 0.5) is 4.39 Å². The summed E-state index contributed by atoms with van der Waals surface area (Å²) in [5, 5.41) is 10.5. The number of ether oxygens (including phenoxy) is 1. The van der Waals surface area contributed by atoms with Gasteiger partial charge in [-0.1, -0.05) is 29.5 Å². The molecule has 1 amide bonds. The highest BCUT2D eigenvalue weighted by molar-refractivity contribution is 5.91. The molecule has 10 heteroatoms. The van der Waals surface area contributed by atoms with E-state index in [9.17, 15) is 14.0 Å². The number of methoxy groups -OCH3 is 1. The number of rotatable bonds is 6. The van der Waals surface area contributed by atoms with Crippen LogP contribution < -0.4 is 15.6 Å². The Labute approximate surface area is 169 Å². The number of halogens is 1. The molecule has 0 radical (unpaired) electrons. The van der Waals surface area contributed by atoms with Gasteiger partial charge < -0.3 is 15.0 Å². The van der Waals surface area contributed by atoms with Crippen LogP contribution in [-0.4, -0.2) is 38.0 Å². The molecule has 0 unspecified atom stereocenters. The van der Waals surface area contributed by atoms with Crippen molar-refractivity contribution in [2.45, 2.75) is 13.1 Å². The Balaban J connectivity index is 1.56. The molecule has 0 fully saturated rings. The minimum absolute atomic E-state index is 0.0404. The van der Waals surface area contributed by atoms with Crippen LogP contribution in [0, 0.1) is 5.82 Å². The van der Waals surface area contributed by atoms with Gasteiger partial charge in [-0.2, -0.15) is 0 Å². The van der Waals surface area contributed by atoms with Crippen molar-refractivity contribution in [3.63, 3.8) is 0 Å². The molecule has 30 heavy (non-hydrogen) atoms. The Morgan fingerprint density at radius 2 is 1.83 bits per heavy atom. The van der Waals surface area contributed by atoms with E-state index in [4.69, 9.17) is 4.74 Å². The van der Waals surface area contributed by atoms with Gasteiger partial charge in [0.15, 0.2) is 11.2 Å². The SMILES string of the molecule is COc1ccc(Cn2nnc3c(=O)[nH]c(C(=O)NCc4ccc(F)cc4)nc32)cc1. The van der Waals surface area contributed by atoms with Crippen LogP contribution in [0.5, 0.6) is 5.75 Å². The number of hydrogen-bond donors (Lipinski definition) is 2. The van der Waals surface area contributed by atoms with Crippen molar-refractivity contribution in [2.75, 3.05) is 7.11 Å². The lowest BCUT2D eigenvalue weighted by Gasteiger charge is -2.06. The summed E-state index contributed by atoms with van der Waals surface area (Å²) in [6.45, 7) is 0.470. The first-order valence-corrected chi connectivity index (χ1v) is 9.02. The van der Waals surface area contributed by atoms with Crippen molar-refractivity contribution >= 4 is 17.1 Å². The molecule has 0 saturated carbocycles. The Kier molecular flexibility index (Phi) is 5.21. The molecule has 0 aliphatic rings. The van der Waals surface area contributed by atoms with Crippen LogP contribution in [0.15, 0.2) is 53.3 Å². The largest absolute Gasteiger partial charge is 0.497 e. The molecular weight excluding hydrogens is 391 g/mol. The number of nitrogens with one attached hydrogen (secondary N) is 2. The minimum atomic E-state index is -0.574. The zero-order valence-electron chi connectivity index (χ0n) is 15.9. The number of H-pyrrole nitrogens is 1. The van der Waals surface area contributed by atoms with Crippen molar-refractivity contribution in [1.82, 2.24) is 30.3 Å². The molecule has 9 nitrogen and oxygen atoms in total. The molecular formula is C20H17FN6O3. The lowest BCUT2D eigenvalue weighted by molar-refractivity contribution is 0.0940.